The van der Waals surface area contributed by atoms with Crippen molar-refractivity contribution in [3.05, 3.63) is 58.7 Å². The zero-order valence-corrected chi connectivity index (χ0v) is 11.2. The van der Waals surface area contributed by atoms with Gasteiger partial charge in [0.1, 0.15) is 5.75 Å². The summed E-state index contributed by atoms with van der Waals surface area (Å²) in [4.78, 5) is 0. The van der Waals surface area contributed by atoms with Gasteiger partial charge in [0.05, 0.1) is 7.11 Å². The van der Waals surface area contributed by atoms with E-state index in [4.69, 9.17) is 10.5 Å². The van der Waals surface area contributed by atoms with Crippen molar-refractivity contribution < 1.29 is 4.74 Å². The fraction of sp³-hybridized carbons (Fsp3) is 0.250. The highest BCUT2D eigenvalue weighted by Crippen LogP contribution is 2.21. The first-order chi connectivity index (χ1) is 8.60. The van der Waals surface area contributed by atoms with E-state index >= 15 is 0 Å². The van der Waals surface area contributed by atoms with Gasteiger partial charge in [-0.25, -0.2) is 0 Å². The number of aryl methyl sites for hydroxylation is 2. The van der Waals surface area contributed by atoms with Crippen molar-refractivity contribution in [3.8, 4) is 5.75 Å². The number of nitrogens with two attached hydrogens (primary N) is 1. The molecule has 0 unspecified atom stereocenters. The third-order valence-corrected chi connectivity index (χ3v) is 3.20. The second-order valence-electron chi connectivity index (χ2n) is 4.67. The Labute approximate surface area is 108 Å². The smallest absolute Gasteiger partial charge is 0.121 e. The summed E-state index contributed by atoms with van der Waals surface area (Å²) in [6.45, 7) is 4.11. The average Bonchev–Trinajstić information content (AvgIpc) is 2.34. The molecule has 0 aliphatic rings. The standard InChI is InChI=1S/C16H19NO/c1-11-8-13(4-6-15(11)17)10-14-5-7-16(18-3)12(2)9-14/h4-9H,10,17H2,1-3H3. The zero-order valence-electron chi connectivity index (χ0n) is 11.2. The quantitative estimate of drug-likeness (QED) is 0.835. The minimum absolute atomic E-state index is 0.852. The first-order valence-corrected chi connectivity index (χ1v) is 6.08. The number of anilines is 1. The summed E-state index contributed by atoms with van der Waals surface area (Å²) in [6, 6.07) is 12.5. The fourth-order valence-corrected chi connectivity index (χ4v) is 2.13. The van der Waals surface area contributed by atoms with E-state index in [0.29, 0.717) is 0 Å². The number of benzene rings is 2. The monoisotopic (exact) mass is 241 g/mol. The minimum Gasteiger partial charge on any atom is -0.496 e. The van der Waals surface area contributed by atoms with Crippen LogP contribution in [-0.4, -0.2) is 7.11 Å². The molecule has 2 nitrogen and oxygen atoms in total. The molecule has 0 saturated carbocycles. The molecule has 2 N–H and O–H groups in total. The Morgan fingerprint density at radius 1 is 0.944 bits per heavy atom. The van der Waals surface area contributed by atoms with E-state index in [2.05, 4.69) is 31.2 Å². The largest absolute Gasteiger partial charge is 0.496 e. The van der Waals surface area contributed by atoms with Crippen LogP contribution in [0.4, 0.5) is 5.69 Å². The molecule has 0 spiro atoms. The Bertz CT molecular complexity index is 561. The van der Waals surface area contributed by atoms with E-state index < -0.39 is 0 Å². The van der Waals surface area contributed by atoms with Gasteiger partial charge in [-0.05, 0) is 54.7 Å². The van der Waals surface area contributed by atoms with Gasteiger partial charge in [0.15, 0.2) is 0 Å². The predicted molar refractivity (Wildman–Crippen MR) is 76.1 cm³/mol. The Kier molecular flexibility index (Phi) is 3.56. The van der Waals surface area contributed by atoms with Crippen molar-refractivity contribution >= 4 is 5.69 Å². The van der Waals surface area contributed by atoms with Crippen LogP contribution < -0.4 is 10.5 Å². The van der Waals surface area contributed by atoms with Crippen LogP contribution >= 0.6 is 0 Å². The number of hydrogen-bond acceptors (Lipinski definition) is 2. The highest BCUT2D eigenvalue weighted by molar-refractivity contribution is 5.48. The summed E-state index contributed by atoms with van der Waals surface area (Å²) < 4.78 is 5.27. The van der Waals surface area contributed by atoms with Crippen LogP contribution in [0.5, 0.6) is 5.75 Å². The van der Waals surface area contributed by atoms with Gasteiger partial charge >= 0.3 is 0 Å². The maximum absolute atomic E-state index is 5.83. The molecule has 0 radical (unpaired) electrons. The van der Waals surface area contributed by atoms with Crippen LogP contribution in [0.3, 0.4) is 0 Å². The van der Waals surface area contributed by atoms with Crippen molar-refractivity contribution in [2.24, 2.45) is 0 Å². The van der Waals surface area contributed by atoms with Gasteiger partial charge < -0.3 is 10.5 Å². The first-order valence-electron chi connectivity index (χ1n) is 6.08. The van der Waals surface area contributed by atoms with Crippen LogP contribution in [-0.2, 0) is 6.42 Å². The summed E-state index contributed by atoms with van der Waals surface area (Å²) in [7, 11) is 1.70. The molecule has 2 rings (SSSR count). The van der Waals surface area contributed by atoms with Crippen molar-refractivity contribution in [3.63, 3.8) is 0 Å². The molecule has 2 aromatic rings. The number of hydrogen-bond donors (Lipinski definition) is 1. The van der Waals surface area contributed by atoms with Gasteiger partial charge in [-0.3, -0.25) is 0 Å². The molecule has 0 aromatic heterocycles. The lowest BCUT2D eigenvalue weighted by atomic mass is 10.0. The van der Waals surface area contributed by atoms with Crippen LogP contribution in [0, 0.1) is 13.8 Å². The van der Waals surface area contributed by atoms with Crippen molar-refractivity contribution in [2.45, 2.75) is 20.3 Å². The maximum atomic E-state index is 5.83. The molecule has 0 amide bonds. The zero-order chi connectivity index (χ0) is 13.1. The number of rotatable bonds is 3. The lowest BCUT2D eigenvalue weighted by Gasteiger charge is -2.09. The average molecular weight is 241 g/mol. The lowest BCUT2D eigenvalue weighted by Crippen LogP contribution is -1.94. The second kappa shape index (κ2) is 5.13. The van der Waals surface area contributed by atoms with E-state index in [9.17, 15) is 0 Å². The topological polar surface area (TPSA) is 35.2 Å². The highest BCUT2D eigenvalue weighted by Gasteiger charge is 2.02. The normalized spacial score (nSPS) is 10.4. The molecule has 94 valence electrons. The van der Waals surface area contributed by atoms with Crippen molar-refractivity contribution in [1.82, 2.24) is 0 Å². The Morgan fingerprint density at radius 3 is 2.11 bits per heavy atom. The molecule has 0 bridgehead atoms. The van der Waals surface area contributed by atoms with Crippen molar-refractivity contribution in [2.75, 3.05) is 12.8 Å². The summed E-state index contributed by atoms with van der Waals surface area (Å²) in [6.07, 6.45) is 0.923. The van der Waals surface area contributed by atoms with Gasteiger partial charge in [-0.15, -0.1) is 0 Å². The Hall–Kier alpha value is -1.96. The van der Waals surface area contributed by atoms with Gasteiger partial charge in [-0.2, -0.15) is 0 Å². The molecular formula is C16H19NO. The molecule has 2 aromatic carbocycles. The predicted octanol–water partition coefficient (Wildman–Crippen LogP) is 3.49. The maximum Gasteiger partial charge on any atom is 0.121 e. The number of ether oxygens (including phenoxy) is 1. The number of methoxy groups -OCH3 is 1. The molecular weight excluding hydrogens is 222 g/mol. The summed E-state index contributed by atoms with van der Waals surface area (Å²) in [5.74, 6) is 0.937. The molecule has 0 atom stereocenters. The Balaban J connectivity index is 2.23. The van der Waals surface area contributed by atoms with E-state index in [1.807, 2.05) is 19.1 Å². The molecule has 0 aliphatic carbocycles. The molecule has 18 heavy (non-hydrogen) atoms. The van der Waals surface area contributed by atoms with E-state index in [1.54, 1.807) is 7.11 Å². The molecule has 0 aliphatic heterocycles. The molecule has 2 heteroatoms. The van der Waals surface area contributed by atoms with Crippen LogP contribution in [0.25, 0.3) is 0 Å². The summed E-state index contributed by atoms with van der Waals surface area (Å²) in [5.41, 5.74) is 11.6. The summed E-state index contributed by atoms with van der Waals surface area (Å²) in [5, 5.41) is 0. The van der Waals surface area contributed by atoms with Gasteiger partial charge in [-0.1, -0.05) is 24.3 Å². The van der Waals surface area contributed by atoms with E-state index in [1.165, 1.54) is 16.7 Å². The van der Waals surface area contributed by atoms with Gasteiger partial charge in [0, 0.05) is 5.69 Å². The third kappa shape index (κ3) is 2.65. The fourth-order valence-electron chi connectivity index (χ4n) is 2.13. The lowest BCUT2D eigenvalue weighted by molar-refractivity contribution is 0.411. The summed E-state index contributed by atoms with van der Waals surface area (Å²) >= 11 is 0. The van der Waals surface area contributed by atoms with E-state index in [0.717, 1.165) is 23.4 Å². The Morgan fingerprint density at radius 2 is 1.56 bits per heavy atom. The van der Waals surface area contributed by atoms with Crippen molar-refractivity contribution in [1.29, 1.82) is 0 Å². The molecule has 0 saturated heterocycles. The molecule has 0 fully saturated rings. The number of nitrogen functional groups attached to an aromatic ring is 1. The van der Waals surface area contributed by atoms with Crippen LogP contribution in [0.15, 0.2) is 36.4 Å². The van der Waals surface area contributed by atoms with Crippen LogP contribution in [0.1, 0.15) is 22.3 Å². The first kappa shape index (κ1) is 12.5. The highest BCUT2D eigenvalue weighted by atomic mass is 16.5. The van der Waals surface area contributed by atoms with Gasteiger partial charge in [0.2, 0.25) is 0 Å². The van der Waals surface area contributed by atoms with Gasteiger partial charge in [0.25, 0.3) is 0 Å². The minimum atomic E-state index is 0.852. The molecule has 0 heterocycles. The second-order valence-corrected chi connectivity index (χ2v) is 4.67. The van der Waals surface area contributed by atoms with E-state index in [-0.39, 0.29) is 0 Å². The SMILES string of the molecule is COc1ccc(Cc2ccc(N)c(C)c2)cc1C. The van der Waals surface area contributed by atoms with Crippen LogP contribution in [0.2, 0.25) is 0 Å². The third-order valence-electron chi connectivity index (χ3n) is 3.20.